The number of carbonyl (C=O) groups excluding carboxylic acids is 1. The van der Waals surface area contributed by atoms with E-state index in [0.29, 0.717) is 11.1 Å². The number of aryl methyl sites for hydroxylation is 1. The molecule has 0 radical (unpaired) electrons. The highest BCUT2D eigenvalue weighted by Gasteiger charge is 2.27. The van der Waals surface area contributed by atoms with Crippen molar-refractivity contribution in [3.63, 3.8) is 0 Å². The summed E-state index contributed by atoms with van der Waals surface area (Å²) in [5.74, 6) is 0.107. The Bertz CT molecular complexity index is 459. The third-order valence-corrected chi connectivity index (χ3v) is 3.87. The fraction of sp³-hybridized carbons (Fsp3) is 0.533. The minimum absolute atomic E-state index is 0. The Morgan fingerprint density at radius 1 is 1.50 bits per heavy atom. The van der Waals surface area contributed by atoms with Crippen LogP contribution >= 0.6 is 24.0 Å². The quantitative estimate of drug-likeness (QED) is 0.924. The van der Waals surface area contributed by atoms with Crippen LogP contribution in [0.2, 0.25) is 5.02 Å². The molecule has 1 fully saturated rings. The smallest absolute Gasteiger partial charge is 0.254 e. The van der Waals surface area contributed by atoms with Crippen LogP contribution in [0.5, 0.6) is 0 Å². The number of amides is 1. The van der Waals surface area contributed by atoms with E-state index >= 15 is 0 Å². The Kier molecular flexibility index (Phi) is 6.80. The molecule has 20 heavy (non-hydrogen) atoms. The van der Waals surface area contributed by atoms with Gasteiger partial charge in [0.15, 0.2) is 0 Å². The van der Waals surface area contributed by atoms with Crippen LogP contribution in [0, 0.1) is 6.92 Å². The maximum absolute atomic E-state index is 12.7. The van der Waals surface area contributed by atoms with Gasteiger partial charge in [0.2, 0.25) is 0 Å². The van der Waals surface area contributed by atoms with Crippen molar-refractivity contribution in [2.45, 2.75) is 32.7 Å². The number of nitrogens with zero attached hydrogens (tertiary/aromatic N) is 1. The lowest BCUT2D eigenvalue weighted by atomic mass is 10.1. The van der Waals surface area contributed by atoms with Crippen molar-refractivity contribution >= 4 is 29.9 Å². The summed E-state index contributed by atoms with van der Waals surface area (Å²) in [6.07, 6.45) is 2.01. The second-order valence-electron chi connectivity index (χ2n) is 5.10. The van der Waals surface area contributed by atoms with E-state index in [4.69, 9.17) is 11.6 Å². The molecule has 1 amide bonds. The molecular formula is C15H22Cl2N2O. The van der Waals surface area contributed by atoms with E-state index in [2.05, 4.69) is 12.2 Å². The lowest BCUT2D eigenvalue weighted by Gasteiger charge is -2.29. The van der Waals surface area contributed by atoms with Crippen molar-refractivity contribution in [3.05, 3.63) is 34.3 Å². The van der Waals surface area contributed by atoms with Crippen LogP contribution in [0.3, 0.4) is 0 Å². The third kappa shape index (κ3) is 3.87. The highest BCUT2D eigenvalue weighted by molar-refractivity contribution is 6.31. The Morgan fingerprint density at radius 2 is 2.25 bits per heavy atom. The number of halogens is 2. The van der Waals surface area contributed by atoms with E-state index in [1.54, 1.807) is 6.07 Å². The monoisotopic (exact) mass is 316 g/mol. The first-order valence-corrected chi connectivity index (χ1v) is 7.29. The average molecular weight is 317 g/mol. The Morgan fingerprint density at radius 3 is 2.85 bits per heavy atom. The van der Waals surface area contributed by atoms with Gasteiger partial charge in [-0.1, -0.05) is 24.6 Å². The summed E-state index contributed by atoms with van der Waals surface area (Å²) in [4.78, 5) is 14.7. The molecule has 1 saturated heterocycles. The summed E-state index contributed by atoms with van der Waals surface area (Å²) < 4.78 is 0. The molecular weight excluding hydrogens is 295 g/mol. The number of rotatable bonds is 4. The van der Waals surface area contributed by atoms with Crippen LogP contribution in [-0.2, 0) is 0 Å². The summed E-state index contributed by atoms with van der Waals surface area (Å²) in [5, 5.41) is 3.94. The van der Waals surface area contributed by atoms with Gasteiger partial charge >= 0.3 is 0 Å². The van der Waals surface area contributed by atoms with Gasteiger partial charge in [0.05, 0.1) is 0 Å². The molecule has 1 aliphatic heterocycles. The molecule has 1 heterocycles. The Hall–Kier alpha value is -0.770. The largest absolute Gasteiger partial charge is 0.334 e. The van der Waals surface area contributed by atoms with Crippen molar-refractivity contribution in [3.8, 4) is 0 Å². The molecule has 2 rings (SSSR count). The molecule has 112 valence electrons. The second kappa shape index (κ2) is 7.87. The van der Waals surface area contributed by atoms with Gasteiger partial charge in [-0.2, -0.15) is 0 Å². The van der Waals surface area contributed by atoms with Gasteiger partial charge in [0.1, 0.15) is 0 Å². The molecule has 1 aromatic carbocycles. The van der Waals surface area contributed by atoms with Crippen LogP contribution in [0.4, 0.5) is 0 Å². The summed E-state index contributed by atoms with van der Waals surface area (Å²) in [6, 6.07) is 5.83. The molecule has 0 spiro atoms. The van der Waals surface area contributed by atoms with Crippen molar-refractivity contribution in [1.82, 2.24) is 10.2 Å². The lowest BCUT2D eigenvalue weighted by Crippen LogP contribution is -2.42. The first-order chi connectivity index (χ1) is 9.13. The summed E-state index contributed by atoms with van der Waals surface area (Å²) >= 11 is 6.02. The molecule has 0 bridgehead atoms. The number of benzene rings is 1. The zero-order valence-corrected chi connectivity index (χ0v) is 13.6. The summed E-state index contributed by atoms with van der Waals surface area (Å²) in [7, 11) is 0. The highest BCUT2D eigenvalue weighted by atomic mass is 35.5. The number of carbonyl (C=O) groups is 1. The van der Waals surface area contributed by atoms with Gasteiger partial charge in [-0.25, -0.2) is 0 Å². The normalized spacial score (nSPS) is 17.6. The molecule has 0 aliphatic carbocycles. The molecule has 1 aliphatic rings. The average Bonchev–Trinajstić information content (AvgIpc) is 2.92. The van der Waals surface area contributed by atoms with E-state index in [-0.39, 0.29) is 18.3 Å². The topological polar surface area (TPSA) is 32.3 Å². The van der Waals surface area contributed by atoms with Crippen molar-refractivity contribution < 1.29 is 4.79 Å². The molecule has 1 unspecified atom stereocenters. The number of nitrogens with one attached hydrogen (secondary N) is 1. The van der Waals surface area contributed by atoms with Crippen molar-refractivity contribution in [1.29, 1.82) is 0 Å². The SMILES string of the molecule is CCCN(C(=O)c1cc(Cl)ccc1C)C1CCNC1.Cl. The van der Waals surface area contributed by atoms with Crippen molar-refractivity contribution in [2.24, 2.45) is 0 Å². The van der Waals surface area contributed by atoms with Gasteiger partial charge < -0.3 is 10.2 Å². The maximum Gasteiger partial charge on any atom is 0.254 e. The van der Waals surface area contributed by atoms with Crippen LogP contribution < -0.4 is 5.32 Å². The van der Waals surface area contributed by atoms with E-state index in [9.17, 15) is 4.79 Å². The highest BCUT2D eigenvalue weighted by Crippen LogP contribution is 2.20. The van der Waals surface area contributed by atoms with Crippen molar-refractivity contribution in [2.75, 3.05) is 19.6 Å². The van der Waals surface area contributed by atoms with Crippen LogP contribution in [-0.4, -0.2) is 36.5 Å². The lowest BCUT2D eigenvalue weighted by molar-refractivity contribution is 0.0691. The van der Waals surface area contributed by atoms with Gasteiger partial charge in [-0.15, -0.1) is 12.4 Å². The predicted octanol–water partition coefficient (Wildman–Crippen LogP) is 3.28. The fourth-order valence-corrected chi connectivity index (χ4v) is 2.75. The summed E-state index contributed by atoms with van der Waals surface area (Å²) in [6.45, 7) is 6.75. The van der Waals surface area contributed by atoms with Gasteiger partial charge in [-0.05, 0) is 44.0 Å². The standard InChI is InChI=1S/C15H21ClN2O.ClH/c1-3-8-18(13-6-7-17-10-13)15(19)14-9-12(16)5-4-11(14)2;/h4-5,9,13,17H,3,6-8,10H2,1-2H3;1H. The van der Waals surface area contributed by atoms with Crippen LogP contribution in [0.25, 0.3) is 0 Å². The second-order valence-corrected chi connectivity index (χ2v) is 5.54. The summed E-state index contributed by atoms with van der Waals surface area (Å²) in [5.41, 5.74) is 1.72. The van der Waals surface area contributed by atoms with E-state index in [0.717, 1.165) is 43.6 Å². The third-order valence-electron chi connectivity index (χ3n) is 3.63. The molecule has 1 N–H and O–H groups in total. The predicted molar refractivity (Wildman–Crippen MR) is 86.0 cm³/mol. The minimum Gasteiger partial charge on any atom is -0.334 e. The van der Waals surface area contributed by atoms with E-state index in [1.165, 1.54) is 0 Å². The zero-order valence-electron chi connectivity index (χ0n) is 12.0. The minimum atomic E-state index is 0. The molecule has 0 saturated carbocycles. The Labute approximate surface area is 132 Å². The Balaban J connectivity index is 0.00000200. The number of hydrogen-bond donors (Lipinski definition) is 1. The molecule has 5 heteroatoms. The van der Waals surface area contributed by atoms with Gasteiger partial charge in [0.25, 0.3) is 5.91 Å². The molecule has 0 aromatic heterocycles. The molecule has 1 aromatic rings. The van der Waals surface area contributed by atoms with E-state index in [1.807, 2.05) is 24.0 Å². The van der Waals surface area contributed by atoms with E-state index < -0.39 is 0 Å². The van der Waals surface area contributed by atoms with Crippen LogP contribution in [0.1, 0.15) is 35.7 Å². The number of hydrogen-bond acceptors (Lipinski definition) is 2. The first-order valence-electron chi connectivity index (χ1n) is 6.91. The fourth-order valence-electron chi connectivity index (χ4n) is 2.58. The molecule has 1 atom stereocenters. The maximum atomic E-state index is 12.7. The van der Waals surface area contributed by atoms with Gasteiger partial charge in [-0.3, -0.25) is 4.79 Å². The molecule has 3 nitrogen and oxygen atoms in total. The van der Waals surface area contributed by atoms with Gasteiger partial charge in [0, 0.05) is 29.7 Å². The first kappa shape index (κ1) is 17.3. The zero-order chi connectivity index (χ0) is 13.8. The van der Waals surface area contributed by atoms with Crippen LogP contribution in [0.15, 0.2) is 18.2 Å².